The number of hydrogen-bond acceptors (Lipinski definition) is 2. The molecule has 2 rings (SSSR count). The van der Waals surface area contributed by atoms with E-state index in [1.54, 1.807) is 36.4 Å². The number of carbonyl (C=O) groups excluding carboxylic acids is 1. The lowest BCUT2D eigenvalue weighted by Crippen LogP contribution is -2.20. The van der Waals surface area contributed by atoms with Gasteiger partial charge in [0.2, 0.25) is 0 Å². The summed E-state index contributed by atoms with van der Waals surface area (Å²) in [5, 5.41) is 6.57. The normalized spacial score (nSPS) is 10.2. The zero-order chi connectivity index (χ0) is 14.7. The maximum atomic E-state index is 11.8. The minimum Gasteiger partial charge on any atom is -0.397 e. The number of halogens is 3. The van der Waals surface area contributed by atoms with Gasteiger partial charge in [0.1, 0.15) is 0 Å². The van der Waals surface area contributed by atoms with Crippen molar-refractivity contribution in [3.63, 3.8) is 0 Å². The number of amides is 2. The number of benzene rings is 2. The summed E-state index contributed by atoms with van der Waals surface area (Å²) in [5.41, 5.74) is 7.05. The van der Waals surface area contributed by atoms with Gasteiger partial charge < -0.3 is 16.4 Å². The van der Waals surface area contributed by atoms with Gasteiger partial charge in [0.05, 0.1) is 11.4 Å². The minimum absolute atomic E-state index is 0.372. The molecular weight excluding hydrogens is 321 g/mol. The van der Waals surface area contributed by atoms with Gasteiger partial charge in [-0.1, -0.05) is 34.8 Å². The topological polar surface area (TPSA) is 67.1 Å². The van der Waals surface area contributed by atoms with Gasteiger partial charge in [-0.15, -0.1) is 0 Å². The van der Waals surface area contributed by atoms with Gasteiger partial charge in [-0.2, -0.15) is 0 Å². The molecule has 0 saturated carbocycles. The summed E-state index contributed by atoms with van der Waals surface area (Å²) in [6.45, 7) is 0. The van der Waals surface area contributed by atoms with Crippen molar-refractivity contribution in [2.75, 3.05) is 16.4 Å². The summed E-state index contributed by atoms with van der Waals surface area (Å²) in [7, 11) is 0. The molecule has 4 nitrogen and oxygen atoms in total. The van der Waals surface area contributed by atoms with Crippen molar-refractivity contribution in [1.29, 1.82) is 0 Å². The van der Waals surface area contributed by atoms with E-state index < -0.39 is 6.03 Å². The summed E-state index contributed by atoms with van der Waals surface area (Å²) in [4.78, 5) is 11.8. The molecule has 0 aliphatic heterocycles. The first-order chi connectivity index (χ1) is 9.44. The number of urea groups is 1. The summed E-state index contributed by atoms with van der Waals surface area (Å²) < 4.78 is 0. The van der Waals surface area contributed by atoms with Crippen LogP contribution in [-0.2, 0) is 0 Å². The van der Waals surface area contributed by atoms with Crippen LogP contribution in [0.15, 0.2) is 36.4 Å². The van der Waals surface area contributed by atoms with E-state index in [9.17, 15) is 4.79 Å². The molecule has 0 spiro atoms. The van der Waals surface area contributed by atoms with Crippen LogP contribution in [0.25, 0.3) is 0 Å². The highest BCUT2D eigenvalue weighted by Crippen LogP contribution is 2.24. The lowest BCUT2D eigenvalue weighted by Gasteiger charge is -2.10. The Hall–Kier alpha value is -1.62. The molecule has 2 aromatic rings. The maximum Gasteiger partial charge on any atom is 0.323 e. The summed E-state index contributed by atoms with van der Waals surface area (Å²) in [6, 6.07) is 9.07. The highest BCUT2D eigenvalue weighted by atomic mass is 35.5. The summed E-state index contributed by atoms with van der Waals surface area (Å²) in [5.74, 6) is 0. The fraction of sp³-hybridized carbons (Fsp3) is 0. The van der Waals surface area contributed by atoms with E-state index in [0.717, 1.165) is 0 Å². The van der Waals surface area contributed by atoms with Crippen molar-refractivity contribution < 1.29 is 4.79 Å². The number of rotatable bonds is 2. The molecular formula is C13H10Cl3N3O. The van der Waals surface area contributed by atoms with Crippen LogP contribution in [0, 0.1) is 0 Å². The molecule has 4 N–H and O–H groups in total. The number of nitrogen functional groups attached to an aromatic ring is 1. The number of hydrogen-bond donors (Lipinski definition) is 3. The highest BCUT2D eigenvalue weighted by molar-refractivity contribution is 6.35. The van der Waals surface area contributed by atoms with Crippen LogP contribution in [0.5, 0.6) is 0 Å². The van der Waals surface area contributed by atoms with E-state index in [1.807, 2.05) is 0 Å². The third kappa shape index (κ3) is 3.93. The number of nitrogens with two attached hydrogens (primary N) is 1. The second-order valence-corrected chi connectivity index (χ2v) is 5.28. The minimum atomic E-state index is -0.461. The number of anilines is 3. The summed E-state index contributed by atoms with van der Waals surface area (Å²) in [6.07, 6.45) is 0. The molecule has 2 amide bonds. The van der Waals surface area contributed by atoms with E-state index in [1.165, 1.54) is 0 Å². The van der Waals surface area contributed by atoms with E-state index in [0.29, 0.717) is 32.1 Å². The molecule has 104 valence electrons. The lowest BCUT2D eigenvalue weighted by atomic mass is 10.2. The number of nitrogens with one attached hydrogen (secondary N) is 2. The third-order valence-corrected chi connectivity index (χ3v) is 3.05. The van der Waals surface area contributed by atoms with Crippen molar-refractivity contribution >= 4 is 57.9 Å². The fourth-order valence-electron chi connectivity index (χ4n) is 1.56. The van der Waals surface area contributed by atoms with Gasteiger partial charge in [-0.3, -0.25) is 0 Å². The van der Waals surface area contributed by atoms with E-state index in [4.69, 9.17) is 40.5 Å². The number of carbonyl (C=O) groups is 1. The Bertz CT molecular complexity index is 641. The Balaban J connectivity index is 2.09. The van der Waals surface area contributed by atoms with Crippen LogP contribution in [0.3, 0.4) is 0 Å². The molecule has 0 bridgehead atoms. The van der Waals surface area contributed by atoms with E-state index >= 15 is 0 Å². The Kier molecular flexibility index (Phi) is 4.60. The monoisotopic (exact) mass is 329 g/mol. The van der Waals surface area contributed by atoms with Crippen molar-refractivity contribution in [3.05, 3.63) is 51.5 Å². The van der Waals surface area contributed by atoms with Crippen molar-refractivity contribution in [2.24, 2.45) is 0 Å². The van der Waals surface area contributed by atoms with Crippen molar-refractivity contribution in [1.82, 2.24) is 0 Å². The molecule has 7 heteroatoms. The van der Waals surface area contributed by atoms with E-state index in [-0.39, 0.29) is 0 Å². The molecule has 0 unspecified atom stereocenters. The molecule has 0 aromatic heterocycles. The molecule has 0 saturated heterocycles. The molecule has 0 aliphatic rings. The van der Waals surface area contributed by atoms with Gasteiger partial charge in [-0.05, 0) is 36.4 Å². The summed E-state index contributed by atoms with van der Waals surface area (Å²) >= 11 is 17.5. The first-order valence-corrected chi connectivity index (χ1v) is 6.66. The SMILES string of the molecule is Nc1cc(Cl)ccc1NC(=O)Nc1cc(Cl)cc(Cl)c1. The molecule has 20 heavy (non-hydrogen) atoms. The first-order valence-electron chi connectivity index (χ1n) is 5.53. The molecule has 0 radical (unpaired) electrons. The van der Waals surface area contributed by atoms with Crippen molar-refractivity contribution in [2.45, 2.75) is 0 Å². The fourth-order valence-corrected chi connectivity index (χ4v) is 2.26. The highest BCUT2D eigenvalue weighted by Gasteiger charge is 2.07. The van der Waals surface area contributed by atoms with Gasteiger partial charge in [0, 0.05) is 20.8 Å². The quantitative estimate of drug-likeness (QED) is 0.687. The van der Waals surface area contributed by atoms with E-state index in [2.05, 4.69) is 10.6 Å². The van der Waals surface area contributed by atoms with Crippen molar-refractivity contribution in [3.8, 4) is 0 Å². The molecule has 2 aromatic carbocycles. The standard InChI is InChI=1S/C13H10Cl3N3O/c14-7-1-2-12(11(17)6-7)19-13(20)18-10-4-8(15)3-9(16)5-10/h1-6H,17H2,(H2,18,19,20). The smallest absolute Gasteiger partial charge is 0.323 e. The zero-order valence-electron chi connectivity index (χ0n) is 10.1. The van der Waals surface area contributed by atoms with Crippen LogP contribution in [0.1, 0.15) is 0 Å². The molecule has 0 atom stereocenters. The van der Waals surface area contributed by atoms with Gasteiger partial charge in [0.15, 0.2) is 0 Å². The first kappa shape index (κ1) is 14.8. The average Bonchev–Trinajstić information content (AvgIpc) is 2.31. The van der Waals surface area contributed by atoms with Crippen LogP contribution < -0.4 is 16.4 Å². The second-order valence-electron chi connectivity index (χ2n) is 3.97. The Labute approximate surface area is 130 Å². The van der Waals surface area contributed by atoms with Crippen LogP contribution in [0.2, 0.25) is 15.1 Å². The average molecular weight is 331 g/mol. The lowest BCUT2D eigenvalue weighted by molar-refractivity contribution is 0.262. The predicted molar refractivity (Wildman–Crippen MR) is 85.0 cm³/mol. The Morgan fingerprint density at radius 2 is 1.55 bits per heavy atom. The molecule has 0 heterocycles. The van der Waals surface area contributed by atoms with Crippen LogP contribution in [0.4, 0.5) is 21.9 Å². The third-order valence-electron chi connectivity index (χ3n) is 2.38. The van der Waals surface area contributed by atoms with Gasteiger partial charge in [0.25, 0.3) is 0 Å². The van der Waals surface area contributed by atoms with Gasteiger partial charge >= 0.3 is 6.03 Å². The van der Waals surface area contributed by atoms with Crippen LogP contribution >= 0.6 is 34.8 Å². The maximum absolute atomic E-state index is 11.8. The zero-order valence-corrected chi connectivity index (χ0v) is 12.4. The second kappa shape index (κ2) is 6.22. The van der Waals surface area contributed by atoms with Crippen LogP contribution in [-0.4, -0.2) is 6.03 Å². The molecule has 0 aliphatic carbocycles. The predicted octanol–water partition coefficient (Wildman–Crippen LogP) is 4.87. The van der Waals surface area contributed by atoms with Gasteiger partial charge in [-0.25, -0.2) is 4.79 Å². The largest absolute Gasteiger partial charge is 0.397 e. The Morgan fingerprint density at radius 3 is 2.15 bits per heavy atom. The molecule has 0 fully saturated rings. The Morgan fingerprint density at radius 1 is 0.900 bits per heavy atom.